The molecular weight excluding hydrogens is 367 g/mol. The molecule has 0 unspecified atom stereocenters. The summed E-state index contributed by atoms with van der Waals surface area (Å²) in [5.41, 5.74) is 2.62. The van der Waals surface area contributed by atoms with Gasteiger partial charge in [0.05, 0.1) is 4.88 Å². The summed E-state index contributed by atoms with van der Waals surface area (Å²) >= 11 is 14.8. The Morgan fingerprint density at radius 1 is 1.04 bits per heavy atom. The van der Waals surface area contributed by atoms with Crippen LogP contribution < -0.4 is 0 Å². The summed E-state index contributed by atoms with van der Waals surface area (Å²) in [6.07, 6.45) is 0. The highest BCUT2D eigenvalue weighted by Crippen LogP contribution is 2.33. The molecule has 0 bridgehead atoms. The molecule has 0 aliphatic heterocycles. The van der Waals surface area contributed by atoms with Crippen LogP contribution in [0, 0.1) is 11.3 Å². The zero-order valence-corrected chi connectivity index (χ0v) is 14.9. The molecule has 0 spiro atoms. The number of nitrogens with zero attached hydrogens (tertiary/aromatic N) is 2. The summed E-state index contributed by atoms with van der Waals surface area (Å²) in [5.74, 6) is 0.871. The van der Waals surface area contributed by atoms with Gasteiger partial charge in [-0.3, -0.25) is 0 Å². The van der Waals surface area contributed by atoms with Gasteiger partial charge >= 0.3 is 0 Å². The predicted octanol–water partition coefficient (Wildman–Crippen LogP) is 6.28. The van der Waals surface area contributed by atoms with Crippen LogP contribution in [-0.2, 0) is 5.75 Å². The molecule has 3 rings (SSSR count). The van der Waals surface area contributed by atoms with Crippen molar-refractivity contribution in [2.45, 2.75) is 10.6 Å². The largest absolute Gasteiger partial charge is 0.192 e. The van der Waals surface area contributed by atoms with Gasteiger partial charge in [-0.05, 0) is 46.9 Å². The summed E-state index contributed by atoms with van der Waals surface area (Å²) in [5, 5.41) is 10.2. The fourth-order valence-electron chi connectivity index (χ4n) is 2.01. The lowest BCUT2D eigenvalue weighted by Crippen LogP contribution is -1.83. The third kappa shape index (κ3) is 3.88. The number of hydrogen-bond donors (Lipinski definition) is 0. The predicted molar refractivity (Wildman–Crippen MR) is 98.3 cm³/mol. The Morgan fingerprint density at radius 2 is 1.74 bits per heavy atom. The van der Waals surface area contributed by atoms with Crippen molar-refractivity contribution in [1.29, 1.82) is 5.26 Å². The van der Waals surface area contributed by atoms with Crippen molar-refractivity contribution in [2.75, 3.05) is 0 Å². The molecule has 1 aromatic heterocycles. The second-order valence-electron chi connectivity index (χ2n) is 4.73. The van der Waals surface area contributed by atoms with Gasteiger partial charge in [-0.2, -0.15) is 9.64 Å². The van der Waals surface area contributed by atoms with Crippen molar-refractivity contribution in [3.05, 3.63) is 69.8 Å². The van der Waals surface area contributed by atoms with Gasteiger partial charge < -0.3 is 0 Å². The van der Waals surface area contributed by atoms with E-state index in [1.165, 1.54) is 22.0 Å². The van der Waals surface area contributed by atoms with Gasteiger partial charge in [0.2, 0.25) is 0 Å². The molecule has 23 heavy (non-hydrogen) atoms. The summed E-state index contributed by atoms with van der Waals surface area (Å²) in [6, 6.07) is 18.1. The van der Waals surface area contributed by atoms with Crippen molar-refractivity contribution in [1.82, 2.24) is 4.37 Å². The lowest BCUT2D eigenvalue weighted by molar-refractivity contribution is 1.38. The number of rotatable bonds is 4. The van der Waals surface area contributed by atoms with Crippen LogP contribution in [0.3, 0.4) is 0 Å². The number of hydrogen-bond acceptors (Lipinski definition) is 4. The van der Waals surface area contributed by atoms with E-state index >= 15 is 0 Å². The molecule has 0 atom stereocenters. The van der Waals surface area contributed by atoms with E-state index < -0.39 is 0 Å². The maximum atomic E-state index is 9.15. The zero-order valence-electron chi connectivity index (χ0n) is 11.8. The molecule has 0 radical (unpaired) electrons. The number of nitriles is 1. The van der Waals surface area contributed by atoms with Crippen molar-refractivity contribution >= 4 is 46.5 Å². The molecule has 3 aromatic rings. The van der Waals surface area contributed by atoms with Crippen LogP contribution in [0.4, 0.5) is 0 Å². The summed E-state index contributed by atoms with van der Waals surface area (Å²) < 4.78 is 4.04. The van der Waals surface area contributed by atoms with Crippen molar-refractivity contribution in [3.8, 4) is 16.5 Å². The minimum atomic E-state index is 0.273. The number of halogens is 2. The first-order valence-electron chi connectivity index (χ1n) is 6.70. The highest BCUT2D eigenvalue weighted by Gasteiger charge is 2.13. The van der Waals surface area contributed by atoms with Crippen molar-refractivity contribution in [3.63, 3.8) is 0 Å². The topological polar surface area (TPSA) is 36.7 Å². The van der Waals surface area contributed by atoms with Crippen molar-refractivity contribution in [2.24, 2.45) is 0 Å². The van der Waals surface area contributed by atoms with E-state index in [1.807, 2.05) is 36.4 Å². The maximum absolute atomic E-state index is 9.15. The molecule has 2 aromatic carbocycles. The van der Waals surface area contributed by atoms with Crippen LogP contribution in [-0.4, -0.2) is 4.37 Å². The second-order valence-corrected chi connectivity index (χ2v) is 7.35. The van der Waals surface area contributed by atoms with E-state index in [-0.39, 0.29) is 5.15 Å². The number of benzene rings is 2. The first-order chi connectivity index (χ1) is 11.2. The molecule has 2 nitrogen and oxygen atoms in total. The van der Waals surface area contributed by atoms with Crippen LogP contribution in [0.15, 0.2) is 53.4 Å². The first-order valence-corrected chi connectivity index (χ1v) is 9.22. The van der Waals surface area contributed by atoms with Crippen LogP contribution in [0.25, 0.3) is 10.4 Å². The smallest absolute Gasteiger partial charge is 0.161 e. The molecule has 0 saturated carbocycles. The highest BCUT2D eigenvalue weighted by atomic mass is 35.5. The molecule has 0 saturated heterocycles. The normalized spacial score (nSPS) is 10.5. The van der Waals surface area contributed by atoms with Crippen LogP contribution in [0.5, 0.6) is 0 Å². The van der Waals surface area contributed by atoms with Gasteiger partial charge in [-0.25, -0.2) is 0 Å². The number of aromatic nitrogens is 1. The van der Waals surface area contributed by atoms with Gasteiger partial charge in [-0.15, -0.1) is 11.8 Å². The quantitative estimate of drug-likeness (QED) is 0.502. The maximum Gasteiger partial charge on any atom is 0.161 e. The standard InChI is InChI=1S/C17H10Cl2N2S2/c18-13-5-7-14(8-6-13)22-10-11-1-3-12(4-2-11)16-15(9-20)17(19)21-23-16/h1-8H,10H2. The fraction of sp³-hybridized carbons (Fsp3) is 0.0588. The van der Waals surface area contributed by atoms with Crippen LogP contribution in [0.2, 0.25) is 10.2 Å². The fourth-order valence-corrected chi connectivity index (χ4v) is 4.03. The van der Waals surface area contributed by atoms with E-state index in [0.717, 1.165) is 21.2 Å². The number of thioether (sulfide) groups is 1. The van der Waals surface area contributed by atoms with Crippen LogP contribution in [0.1, 0.15) is 11.1 Å². The van der Waals surface area contributed by atoms with Gasteiger partial charge in [0.1, 0.15) is 11.6 Å². The Kier molecular flexibility index (Phi) is 5.24. The molecule has 0 fully saturated rings. The Morgan fingerprint density at radius 3 is 2.39 bits per heavy atom. The SMILES string of the molecule is N#Cc1c(Cl)nsc1-c1ccc(CSc2ccc(Cl)cc2)cc1. The van der Waals surface area contributed by atoms with Crippen LogP contribution >= 0.6 is 46.5 Å². The average molecular weight is 377 g/mol. The Balaban J connectivity index is 1.72. The summed E-state index contributed by atoms with van der Waals surface area (Å²) in [6.45, 7) is 0. The van der Waals surface area contributed by atoms with Gasteiger partial charge in [0, 0.05) is 15.7 Å². The van der Waals surface area contributed by atoms with Gasteiger partial charge in [-0.1, -0.05) is 47.5 Å². The van der Waals surface area contributed by atoms with E-state index in [9.17, 15) is 0 Å². The van der Waals surface area contributed by atoms with Gasteiger partial charge in [0.15, 0.2) is 5.15 Å². The third-order valence-electron chi connectivity index (χ3n) is 3.20. The molecule has 0 aliphatic rings. The molecule has 0 N–H and O–H groups in total. The monoisotopic (exact) mass is 376 g/mol. The summed E-state index contributed by atoms with van der Waals surface area (Å²) in [7, 11) is 0. The average Bonchev–Trinajstić information content (AvgIpc) is 2.95. The van der Waals surface area contributed by atoms with E-state index in [0.29, 0.717) is 5.56 Å². The minimum Gasteiger partial charge on any atom is -0.192 e. The Hall–Kier alpha value is -1.51. The Bertz CT molecular complexity index is 850. The molecule has 1 heterocycles. The molecule has 0 amide bonds. The first kappa shape index (κ1) is 16.4. The van der Waals surface area contributed by atoms with Crippen molar-refractivity contribution < 1.29 is 0 Å². The highest BCUT2D eigenvalue weighted by molar-refractivity contribution is 7.98. The molecular formula is C17H10Cl2N2S2. The second kappa shape index (κ2) is 7.37. The zero-order chi connectivity index (χ0) is 16.2. The lowest BCUT2D eigenvalue weighted by Gasteiger charge is -2.04. The minimum absolute atomic E-state index is 0.273. The summed E-state index contributed by atoms with van der Waals surface area (Å²) in [4.78, 5) is 1.99. The molecule has 6 heteroatoms. The van der Waals surface area contributed by atoms with E-state index in [1.54, 1.807) is 11.8 Å². The van der Waals surface area contributed by atoms with Gasteiger partial charge in [0.25, 0.3) is 0 Å². The Labute approximate surface area is 152 Å². The lowest BCUT2D eigenvalue weighted by atomic mass is 10.1. The molecule has 114 valence electrons. The molecule has 0 aliphatic carbocycles. The third-order valence-corrected chi connectivity index (χ3v) is 5.80. The van der Waals surface area contributed by atoms with E-state index in [2.05, 4.69) is 22.6 Å². The van der Waals surface area contributed by atoms with E-state index in [4.69, 9.17) is 28.5 Å².